The Balaban J connectivity index is 1.33. The third kappa shape index (κ3) is 3.16. The van der Waals surface area contributed by atoms with Crippen molar-refractivity contribution in [2.75, 3.05) is 20.1 Å². The van der Waals surface area contributed by atoms with E-state index in [-0.39, 0.29) is 0 Å². The summed E-state index contributed by atoms with van der Waals surface area (Å²) in [4.78, 5) is 4.84. The minimum Gasteiger partial charge on any atom is -0.364 e. The minimum absolute atomic E-state index is 0.558. The standard InChI is InChI=1S/C16H24N6O/c1-20(11-15-17-18-16(21(15)2)12-3-4-12)14-5-7-22(10-14)9-13-6-8-23-19-13/h6,8,12,14H,3-5,7,9-11H2,1-2H3/t14-/m0/s1. The van der Waals surface area contributed by atoms with E-state index in [1.807, 2.05) is 6.07 Å². The molecule has 2 aromatic heterocycles. The monoisotopic (exact) mass is 316 g/mol. The quantitative estimate of drug-likeness (QED) is 0.802. The van der Waals surface area contributed by atoms with Gasteiger partial charge in [-0.05, 0) is 26.3 Å². The molecule has 2 fully saturated rings. The average molecular weight is 316 g/mol. The van der Waals surface area contributed by atoms with Crippen LogP contribution in [0.1, 0.15) is 42.5 Å². The minimum atomic E-state index is 0.558. The summed E-state index contributed by atoms with van der Waals surface area (Å²) < 4.78 is 7.10. The van der Waals surface area contributed by atoms with Crippen LogP contribution in [-0.2, 0) is 20.1 Å². The van der Waals surface area contributed by atoms with Crippen molar-refractivity contribution in [2.24, 2.45) is 7.05 Å². The highest BCUT2D eigenvalue weighted by Gasteiger charge is 2.30. The molecule has 1 atom stereocenters. The molecule has 1 saturated carbocycles. The highest BCUT2D eigenvalue weighted by atomic mass is 16.5. The van der Waals surface area contributed by atoms with Crippen LogP contribution in [0.5, 0.6) is 0 Å². The van der Waals surface area contributed by atoms with Gasteiger partial charge in [-0.2, -0.15) is 0 Å². The fourth-order valence-corrected chi connectivity index (χ4v) is 3.43. The van der Waals surface area contributed by atoms with Gasteiger partial charge in [0.15, 0.2) is 0 Å². The molecule has 2 aromatic rings. The van der Waals surface area contributed by atoms with Gasteiger partial charge in [0, 0.05) is 44.7 Å². The van der Waals surface area contributed by atoms with Gasteiger partial charge in [-0.3, -0.25) is 9.80 Å². The molecule has 0 amide bonds. The van der Waals surface area contributed by atoms with E-state index in [2.05, 4.69) is 43.8 Å². The molecular weight excluding hydrogens is 292 g/mol. The van der Waals surface area contributed by atoms with Crippen LogP contribution in [-0.4, -0.2) is 55.9 Å². The van der Waals surface area contributed by atoms with E-state index in [1.165, 1.54) is 19.3 Å². The van der Waals surface area contributed by atoms with Crippen LogP contribution < -0.4 is 0 Å². The summed E-state index contributed by atoms with van der Waals surface area (Å²) in [7, 11) is 4.29. The molecule has 3 heterocycles. The molecule has 0 unspecified atom stereocenters. The van der Waals surface area contributed by atoms with Gasteiger partial charge in [-0.25, -0.2) is 0 Å². The van der Waals surface area contributed by atoms with Crippen molar-refractivity contribution in [1.29, 1.82) is 0 Å². The Labute approximate surface area is 136 Å². The number of hydrogen-bond donors (Lipinski definition) is 0. The van der Waals surface area contributed by atoms with E-state index in [0.717, 1.165) is 43.5 Å². The Morgan fingerprint density at radius 1 is 1.30 bits per heavy atom. The van der Waals surface area contributed by atoms with Crippen molar-refractivity contribution < 1.29 is 4.52 Å². The predicted molar refractivity (Wildman–Crippen MR) is 84.6 cm³/mol. The summed E-state index contributed by atoms with van der Waals surface area (Å²) >= 11 is 0. The molecule has 2 aliphatic rings. The molecule has 0 aromatic carbocycles. The van der Waals surface area contributed by atoms with Gasteiger partial charge < -0.3 is 9.09 Å². The molecule has 1 aliphatic heterocycles. The molecule has 124 valence electrons. The molecule has 0 spiro atoms. The van der Waals surface area contributed by atoms with E-state index in [1.54, 1.807) is 6.26 Å². The zero-order valence-electron chi connectivity index (χ0n) is 13.9. The van der Waals surface area contributed by atoms with E-state index < -0.39 is 0 Å². The van der Waals surface area contributed by atoms with E-state index in [0.29, 0.717) is 12.0 Å². The number of hydrogen-bond acceptors (Lipinski definition) is 6. The maximum absolute atomic E-state index is 4.91. The molecule has 23 heavy (non-hydrogen) atoms. The van der Waals surface area contributed by atoms with E-state index in [4.69, 9.17) is 4.52 Å². The number of likely N-dealkylation sites (N-methyl/N-ethyl adjacent to an activating group) is 1. The van der Waals surface area contributed by atoms with Crippen LogP contribution in [0.25, 0.3) is 0 Å². The highest BCUT2D eigenvalue weighted by Crippen LogP contribution is 2.38. The predicted octanol–water partition coefficient (Wildman–Crippen LogP) is 1.39. The largest absolute Gasteiger partial charge is 0.364 e. The van der Waals surface area contributed by atoms with Crippen LogP contribution in [0.2, 0.25) is 0 Å². The van der Waals surface area contributed by atoms with Gasteiger partial charge in [0.25, 0.3) is 0 Å². The first-order chi connectivity index (χ1) is 11.2. The Bertz CT molecular complexity index is 648. The van der Waals surface area contributed by atoms with Gasteiger partial charge in [0.2, 0.25) is 0 Å². The third-order valence-corrected chi connectivity index (χ3v) is 5.08. The fourth-order valence-electron chi connectivity index (χ4n) is 3.43. The van der Waals surface area contributed by atoms with E-state index in [9.17, 15) is 0 Å². The molecule has 7 heteroatoms. The Morgan fingerprint density at radius 2 is 2.17 bits per heavy atom. The Hall–Kier alpha value is -1.73. The van der Waals surface area contributed by atoms with Gasteiger partial charge in [0.1, 0.15) is 17.9 Å². The Morgan fingerprint density at radius 3 is 2.91 bits per heavy atom. The zero-order chi connectivity index (χ0) is 15.8. The molecule has 7 nitrogen and oxygen atoms in total. The number of likely N-dealkylation sites (tertiary alicyclic amines) is 1. The second-order valence-corrected chi connectivity index (χ2v) is 6.89. The SMILES string of the molecule is CN(Cc1nnc(C2CC2)n1C)[C@H]1CCN(Cc2ccon2)C1. The lowest BCUT2D eigenvalue weighted by Crippen LogP contribution is -2.34. The van der Waals surface area contributed by atoms with Crippen LogP contribution in [0.15, 0.2) is 16.9 Å². The number of nitrogens with zero attached hydrogens (tertiary/aromatic N) is 6. The molecule has 0 N–H and O–H groups in total. The lowest BCUT2D eigenvalue weighted by atomic mass is 10.2. The van der Waals surface area contributed by atoms with Crippen molar-refractivity contribution in [3.63, 3.8) is 0 Å². The average Bonchev–Trinajstić information content (AvgIpc) is 2.94. The normalized spacial score (nSPS) is 22.3. The second kappa shape index (κ2) is 6.05. The first-order valence-electron chi connectivity index (χ1n) is 8.40. The first-order valence-corrected chi connectivity index (χ1v) is 8.40. The summed E-state index contributed by atoms with van der Waals surface area (Å²) in [6.45, 7) is 3.90. The third-order valence-electron chi connectivity index (χ3n) is 5.08. The fraction of sp³-hybridized carbons (Fsp3) is 0.688. The van der Waals surface area contributed by atoms with Gasteiger partial charge in [0.05, 0.1) is 12.2 Å². The molecule has 4 rings (SSSR count). The lowest BCUT2D eigenvalue weighted by molar-refractivity contribution is 0.215. The number of aromatic nitrogens is 4. The molecule has 1 saturated heterocycles. The maximum atomic E-state index is 4.91. The molecule has 1 aliphatic carbocycles. The topological polar surface area (TPSA) is 63.2 Å². The van der Waals surface area contributed by atoms with Gasteiger partial charge in [-0.1, -0.05) is 5.16 Å². The lowest BCUT2D eigenvalue weighted by Gasteiger charge is -2.24. The molecule has 0 radical (unpaired) electrons. The molecular formula is C16H24N6O. The van der Waals surface area contributed by atoms with Crippen LogP contribution in [0.3, 0.4) is 0 Å². The van der Waals surface area contributed by atoms with Gasteiger partial charge in [-0.15, -0.1) is 10.2 Å². The van der Waals surface area contributed by atoms with Crippen molar-refractivity contribution in [3.05, 3.63) is 29.7 Å². The van der Waals surface area contributed by atoms with Crippen LogP contribution in [0, 0.1) is 0 Å². The zero-order valence-corrected chi connectivity index (χ0v) is 13.9. The van der Waals surface area contributed by atoms with Gasteiger partial charge >= 0.3 is 0 Å². The van der Waals surface area contributed by atoms with Crippen LogP contribution >= 0.6 is 0 Å². The summed E-state index contributed by atoms with van der Waals surface area (Å²) in [5.41, 5.74) is 1.01. The highest BCUT2D eigenvalue weighted by molar-refractivity contribution is 5.08. The summed E-state index contributed by atoms with van der Waals surface area (Å²) in [6.07, 6.45) is 5.35. The smallest absolute Gasteiger partial charge is 0.146 e. The summed E-state index contributed by atoms with van der Waals surface area (Å²) in [6, 6.07) is 2.50. The van der Waals surface area contributed by atoms with Crippen molar-refractivity contribution in [1.82, 2.24) is 29.7 Å². The summed E-state index contributed by atoms with van der Waals surface area (Å²) in [5.74, 6) is 2.88. The molecule has 0 bridgehead atoms. The van der Waals surface area contributed by atoms with Crippen molar-refractivity contribution >= 4 is 0 Å². The maximum Gasteiger partial charge on any atom is 0.146 e. The summed E-state index contributed by atoms with van der Waals surface area (Å²) in [5, 5.41) is 12.8. The Kier molecular flexibility index (Phi) is 3.90. The second-order valence-electron chi connectivity index (χ2n) is 6.89. The van der Waals surface area contributed by atoms with Crippen molar-refractivity contribution in [3.8, 4) is 0 Å². The van der Waals surface area contributed by atoms with Crippen LogP contribution in [0.4, 0.5) is 0 Å². The van der Waals surface area contributed by atoms with Crippen molar-refractivity contribution in [2.45, 2.75) is 44.3 Å². The number of rotatable bonds is 6. The first kappa shape index (κ1) is 14.8. The van der Waals surface area contributed by atoms with E-state index >= 15 is 0 Å².